The maximum absolute atomic E-state index is 13.3. The van der Waals surface area contributed by atoms with Crippen LogP contribution in [-0.2, 0) is 14.8 Å². The number of nitrogens with zero attached hydrogens (tertiary/aromatic N) is 1. The van der Waals surface area contributed by atoms with Gasteiger partial charge in [0.05, 0.1) is 16.0 Å². The van der Waals surface area contributed by atoms with Crippen LogP contribution < -0.4 is 4.72 Å². The van der Waals surface area contributed by atoms with Crippen LogP contribution in [0.4, 0.5) is 4.39 Å². The molecule has 1 aromatic heterocycles. The van der Waals surface area contributed by atoms with E-state index in [4.69, 9.17) is 16.3 Å². The number of halogens is 2. The Morgan fingerprint density at radius 1 is 1.28 bits per heavy atom. The molecule has 0 spiro atoms. The molecule has 8 heteroatoms. The smallest absolute Gasteiger partial charge is 0.241 e. The second-order valence-corrected chi connectivity index (χ2v) is 8.03. The fraction of sp³-hybridized carbons (Fsp3) is 0.353. The summed E-state index contributed by atoms with van der Waals surface area (Å²) < 4.78 is 47.0. The highest BCUT2D eigenvalue weighted by molar-refractivity contribution is 7.89. The Kier molecular flexibility index (Phi) is 5.68. The highest BCUT2D eigenvalue weighted by atomic mass is 35.5. The summed E-state index contributed by atoms with van der Waals surface area (Å²) in [6.45, 7) is 1.18. The van der Waals surface area contributed by atoms with Crippen molar-refractivity contribution in [1.29, 1.82) is 0 Å². The molecule has 2 heterocycles. The minimum atomic E-state index is -3.87. The van der Waals surface area contributed by atoms with Crippen LogP contribution in [0.1, 0.15) is 24.4 Å². The van der Waals surface area contributed by atoms with Gasteiger partial charge in [0.2, 0.25) is 10.0 Å². The van der Waals surface area contributed by atoms with E-state index in [2.05, 4.69) is 9.71 Å². The van der Waals surface area contributed by atoms with Gasteiger partial charge in [-0.15, -0.1) is 0 Å². The van der Waals surface area contributed by atoms with E-state index < -0.39 is 21.9 Å². The largest absolute Gasteiger partial charge is 0.381 e. The topological polar surface area (TPSA) is 68.3 Å². The second kappa shape index (κ2) is 7.78. The molecule has 1 aliphatic rings. The minimum absolute atomic E-state index is 0.0696. The van der Waals surface area contributed by atoms with Crippen molar-refractivity contribution in [2.75, 3.05) is 13.2 Å². The molecule has 5 nitrogen and oxygen atoms in total. The van der Waals surface area contributed by atoms with E-state index in [1.165, 1.54) is 6.07 Å². The molecule has 25 heavy (non-hydrogen) atoms. The number of sulfonamides is 1. The van der Waals surface area contributed by atoms with Gasteiger partial charge in [0, 0.05) is 25.6 Å². The highest BCUT2D eigenvalue weighted by Gasteiger charge is 2.30. The van der Waals surface area contributed by atoms with E-state index in [1.807, 2.05) is 6.07 Å². The minimum Gasteiger partial charge on any atom is -0.381 e. The first-order chi connectivity index (χ1) is 12.0. The number of pyridine rings is 1. The molecule has 1 saturated heterocycles. The van der Waals surface area contributed by atoms with Gasteiger partial charge in [-0.2, -0.15) is 0 Å². The van der Waals surface area contributed by atoms with Crippen LogP contribution in [0, 0.1) is 11.7 Å². The second-order valence-electron chi connectivity index (χ2n) is 5.91. The lowest BCUT2D eigenvalue weighted by Gasteiger charge is -2.31. The van der Waals surface area contributed by atoms with E-state index in [0.717, 1.165) is 30.5 Å². The van der Waals surface area contributed by atoms with Crippen molar-refractivity contribution in [2.24, 2.45) is 5.92 Å². The Hall–Kier alpha value is -1.54. The van der Waals surface area contributed by atoms with Crippen LogP contribution >= 0.6 is 11.6 Å². The molecule has 1 N–H and O–H groups in total. The molecule has 2 aromatic rings. The molecule has 1 aromatic carbocycles. The van der Waals surface area contributed by atoms with Gasteiger partial charge < -0.3 is 4.74 Å². The summed E-state index contributed by atoms with van der Waals surface area (Å²) in [5.74, 6) is -0.572. The van der Waals surface area contributed by atoms with Gasteiger partial charge in [-0.1, -0.05) is 17.7 Å². The number of benzene rings is 1. The number of ether oxygens (including phenoxy) is 1. The number of hydrogen-bond acceptors (Lipinski definition) is 4. The lowest BCUT2D eigenvalue weighted by Crippen LogP contribution is -2.36. The standard InChI is InChI=1S/C17H18ClFN2O3S/c18-15-10-14(3-4-16(15)19)25(22,23)21-17(12-5-8-24-9-6-12)13-2-1-7-20-11-13/h1-4,7,10-12,17,21H,5-6,8-9H2/t17-/m1/s1. The average Bonchev–Trinajstić information content (AvgIpc) is 2.63. The van der Waals surface area contributed by atoms with Gasteiger partial charge >= 0.3 is 0 Å². The first kappa shape index (κ1) is 18.3. The first-order valence-electron chi connectivity index (χ1n) is 7.92. The molecular formula is C17H18ClFN2O3S. The summed E-state index contributed by atoms with van der Waals surface area (Å²) in [6, 6.07) is 6.53. The van der Waals surface area contributed by atoms with Gasteiger partial charge in [-0.25, -0.2) is 17.5 Å². The van der Waals surface area contributed by atoms with Gasteiger partial charge in [-0.05, 0) is 48.6 Å². The van der Waals surface area contributed by atoms with Gasteiger partial charge in [-0.3, -0.25) is 4.98 Å². The van der Waals surface area contributed by atoms with Gasteiger partial charge in [0.1, 0.15) is 5.82 Å². The van der Waals surface area contributed by atoms with Crippen molar-refractivity contribution >= 4 is 21.6 Å². The number of rotatable bonds is 5. The third-order valence-corrected chi connectivity index (χ3v) is 5.99. The average molecular weight is 385 g/mol. The van der Waals surface area contributed by atoms with Crippen LogP contribution in [0.15, 0.2) is 47.6 Å². The van der Waals surface area contributed by atoms with Crippen LogP contribution in [0.5, 0.6) is 0 Å². The fourth-order valence-corrected chi connectivity index (χ4v) is 4.49. The van der Waals surface area contributed by atoms with Crippen LogP contribution in [0.3, 0.4) is 0 Å². The van der Waals surface area contributed by atoms with Crippen molar-refractivity contribution in [3.05, 3.63) is 59.1 Å². The predicted octanol–water partition coefficient (Wildman–Crippen LogP) is 3.32. The van der Waals surface area contributed by atoms with E-state index in [9.17, 15) is 12.8 Å². The zero-order valence-electron chi connectivity index (χ0n) is 13.4. The van der Waals surface area contributed by atoms with Crippen molar-refractivity contribution in [1.82, 2.24) is 9.71 Å². The maximum Gasteiger partial charge on any atom is 0.241 e. The molecule has 0 radical (unpaired) electrons. The Morgan fingerprint density at radius 2 is 2.04 bits per heavy atom. The van der Waals surface area contributed by atoms with Crippen LogP contribution in [-0.4, -0.2) is 26.6 Å². The van der Waals surface area contributed by atoms with E-state index in [-0.39, 0.29) is 15.8 Å². The van der Waals surface area contributed by atoms with Crippen molar-refractivity contribution in [2.45, 2.75) is 23.8 Å². The predicted molar refractivity (Wildman–Crippen MR) is 92.3 cm³/mol. The molecule has 0 bridgehead atoms. The number of hydrogen-bond donors (Lipinski definition) is 1. The quantitative estimate of drug-likeness (QED) is 0.858. The highest BCUT2D eigenvalue weighted by Crippen LogP contribution is 2.31. The zero-order chi connectivity index (χ0) is 17.9. The summed E-state index contributed by atoms with van der Waals surface area (Å²) in [4.78, 5) is 4.02. The molecule has 1 atom stereocenters. The lowest BCUT2D eigenvalue weighted by molar-refractivity contribution is 0.0564. The molecule has 1 fully saturated rings. The van der Waals surface area contributed by atoms with E-state index in [0.29, 0.717) is 13.2 Å². The molecule has 0 aliphatic carbocycles. The number of nitrogens with one attached hydrogen (secondary N) is 1. The lowest BCUT2D eigenvalue weighted by atomic mass is 9.88. The molecule has 134 valence electrons. The van der Waals surface area contributed by atoms with Crippen molar-refractivity contribution in [3.8, 4) is 0 Å². The summed E-state index contributed by atoms with van der Waals surface area (Å²) >= 11 is 5.73. The van der Waals surface area contributed by atoms with E-state index >= 15 is 0 Å². The molecule has 0 saturated carbocycles. The molecular weight excluding hydrogens is 367 g/mol. The Bertz CT molecular complexity index is 827. The van der Waals surface area contributed by atoms with E-state index in [1.54, 1.807) is 18.5 Å². The summed E-state index contributed by atoms with van der Waals surface area (Å²) in [7, 11) is -3.87. The SMILES string of the molecule is O=S(=O)(N[C@@H](c1cccnc1)C1CCOCC1)c1ccc(F)c(Cl)c1. The van der Waals surface area contributed by atoms with Crippen LogP contribution in [0.25, 0.3) is 0 Å². The number of aromatic nitrogens is 1. The Morgan fingerprint density at radius 3 is 2.68 bits per heavy atom. The fourth-order valence-electron chi connectivity index (χ4n) is 2.92. The Balaban J connectivity index is 1.92. The molecule has 0 unspecified atom stereocenters. The molecule has 0 amide bonds. The van der Waals surface area contributed by atoms with Gasteiger partial charge in [0.25, 0.3) is 0 Å². The monoisotopic (exact) mass is 384 g/mol. The third-order valence-electron chi connectivity index (χ3n) is 4.26. The Labute approximate surface area is 151 Å². The third kappa shape index (κ3) is 4.36. The van der Waals surface area contributed by atoms with Crippen molar-refractivity contribution < 1.29 is 17.5 Å². The summed E-state index contributed by atoms with van der Waals surface area (Å²) in [6.07, 6.45) is 4.78. The van der Waals surface area contributed by atoms with Crippen LogP contribution in [0.2, 0.25) is 5.02 Å². The maximum atomic E-state index is 13.3. The first-order valence-corrected chi connectivity index (χ1v) is 9.78. The molecule has 1 aliphatic heterocycles. The molecule has 3 rings (SSSR count). The normalized spacial score (nSPS) is 17.4. The van der Waals surface area contributed by atoms with Gasteiger partial charge in [0.15, 0.2) is 0 Å². The van der Waals surface area contributed by atoms with Crippen molar-refractivity contribution in [3.63, 3.8) is 0 Å². The summed E-state index contributed by atoms with van der Waals surface area (Å²) in [5.41, 5.74) is 0.784. The summed E-state index contributed by atoms with van der Waals surface area (Å²) in [5, 5.41) is -0.230. The zero-order valence-corrected chi connectivity index (χ0v) is 14.9.